The van der Waals surface area contributed by atoms with Gasteiger partial charge in [0.2, 0.25) is 11.8 Å². The van der Waals surface area contributed by atoms with Gasteiger partial charge < -0.3 is 14.7 Å². The Morgan fingerprint density at radius 1 is 1.30 bits per heavy atom. The number of likely N-dealkylation sites (tertiary alicyclic amines) is 1. The van der Waals surface area contributed by atoms with Gasteiger partial charge in [0.05, 0.1) is 0 Å². The third-order valence-corrected chi connectivity index (χ3v) is 5.54. The maximum absolute atomic E-state index is 13.0. The number of carbonyl (C=O) groups is 2. The molecule has 0 radical (unpaired) electrons. The van der Waals surface area contributed by atoms with Crippen LogP contribution in [0.15, 0.2) is 40.9 Å². The van der Waals surface area contributed by atoms with E-state index in [4.69, 9.17) is 4.52 Å². The van der Waals surface area contributed by atoms with Crippen LogP contribution in [-0.4, -0.2) is 40.5 Å². The van der Waals surface area contributed by atoms with Crippen molar-refractivity contribution in [2.45, 2.75) is 44.6 Å². The van der Waals surface area contributed by atoms with Crippen molar-refractivity contribution in [3.8, 4) is 11.3 Å². The number of likely N-dealkylation sites (N-methyl/N-ethyl adjacent to an activating group) is 1. The molecule has 0 bridgehead atoms. The molecule has 2 aliphatic rings. The summed E-state index contributed by atoms with van der Waals surface area (Å²) in [5, 5.41) is 7.11. The molecular formula is C21H25N3O3. The van der Waals surface area contributed by atoms with Gasteiger partial charge in [-0.05, 0) is 32.6 Å². The second-order valence-electron chi connectivity index (χ2n) is 7.48. The number of aromatic nitrogens is 1. The van der Waals surface area contributed by atoms with Crippen LogP contribution in [0, 0.1) is 5.92 Å². The number of carbonyl (C=O) groups excluding carboxylic acids is 2. The number of amides is 2. The normalized spacial score (nSPS) is 22.0. The summed E-state index contributed by atoms with van der Waals surface area (Å²) >= 11 is 0. The van der Waals surface area contributed by atoms with Crippen LogP contribution in [0.5, 0.6) is 0 Å². The highest BCUT2D eigenvalue weighted by Gasteiger charge is 2.52. The summed E-state index contributed by atoms with van der Waals surface area (Å²) in [6.07, 6.45) is 3.70. The summed E-state index contributed by atoms with van der Waals surface area (Å²) < 4.78 is 5.57. The van der Waals surface area contributed by atoms with E-state index in [-0.39, 0.29) is 17.7 Å². The van der Waals surface area contributed by atoms with Crippen LogP contribution in [0.3, 0.4) is 0 Å². The minimum Gasteiger partial charge on any atom is -0.361 e. The van der Waals surface area contributed by atoms with Crippen molar-refractivity contribution in [1.29, 1.82) is 0 Å². The van der Waals surface area contributed by atoms with E-state index in [1.807, 2.05) is 43.3 Å². The first-order valence-corrected chi connectivity index (χ1v) is 9.75. The Labute approximate surface area is 158 Å². The first-order valence-electron chi connectivity index (χ1n) is 9.75. The van der Waals surface area contributed by atoms with Gasteiger partial charge in [-0.1, -0.05) is 35.5 Å². The summed E-state index contributed by atoms with van der Waals surface area (Å²) in [4.78, 5) is 27.7. The number of rotatable bonds is 6. The lowest BCUT2D eigenvalue weighted by Gasteiger charge is -2.36. The monoisotopic (exact) mass is 367 g/mol. The van der Waals surface area contributed by atoms with Crippen molar-refractivity contribution in [3.05, 3.63) is 42.2 Å². The average Bonchev–Trinajstić information content (AvgIpc) is 3.29. The van der Waals surface area contributed by atoms with Crippen LogP contribution in [-0.2, 0) is 16.0 Å². The second kappa shape index (κ2) is 7.18. The molecule has 1 aliphatic heterocycles. The standard InChI is InChI=1S/C21H25N3O3/c1-2-22-20(26)21(11-6-12-24(21)19(25)16-9-10-16)14-17-13-18(23-27-17)15-7-4-3-5-8-15/h3-5,7-8,13,16H,2,6,9-12,14H2,1H3,(H,22,26)/t21-/m0/s1. The van der Waals surface area contributed by atoms with Gasteiger partial charge in [0.1, 0.15) is 17.0 Å². The fourth-order valence-corrected chi connectivity index (χ4v) is 4.01. The second-order valence-corrected chi connectivity index (χ2v) is 7.48. The zero-order valence-electron chi connectivity index (χ0n) is 15.6. The lowest BCUT2D eigenvalue weighted by atomic mass is 9.88. The predicted molar refractivity (Wildman–Crippen MR) is 101 cm³/mol. The topological polar surface area (TPSA) is 75.4 Å². The largest absolute Gasteiger partial charge is 0.361 e. The molecule has 0 spiro atoms. The quantitative estimate of drug-likeness (QED) is 0.852. The van der Waals surface area contributed by atoms with E-state index in [0.29, 0.717) is 31.7 Å². The van der Waals surface area contributed by atoms with Crippen LogP contribution in [0.2, 0.25) is 0 Å². The number of hydrogen-bond donors (Lipinski definition) is 1. The van der Waals surface area contributed by atoms with Gasteiger partial charge in [0, 0.05) is 37.1 Å². The molecule has 6 nitrogen and oxygen atoms in total. The molecule has 6 heteroatoms. The summed E-state index contributed by atoms with van der Waals surface area (Å²) in [5.74, 6) is 0.748. The van der Waals surface area contributed by atoms with E-state index in [2.05, 4.69) is 10.5 Å². The molecule has 1 aromatic heterocycles. The van der Waals surface area contributed by atoms with Gasteiger partial charge in [0.15, 0.2) is 0 Å². The lowest BCUT2D eigenvalue weighted by molar-refractivity contribution is -0.146. The molecule has 1 aromatic carbocycles. The molecule has 1 atom stereocenters. The fourth-order valence-electron chi connectivity index (χ4n) is 4.01. The van der Waals surface area contributed by atoms with Crippen molar-refractivity contribution in [2.24, 2.45) is 5.92 Å². The number of benzene rings is 1. The van der Waals surface area contributed by atoms with Crippen molar-refractivity contribution in [1.82, 2.24) is 15.4 Å². The Kier molecular flexibility index (Phi) is 4.72. The Hall–Kier alpha value is -2.63. The summed E-state index contributed by atoms with van der Waals surface area (Å²) in [5.41, 5.74) is 0.843. The van der Waals surface area contributed by atoms with E-state index >= 15 is 0 Å². The zero-order chi connectivity index (χ0) is 18.9. The first kappa shape index (κ1) is 17.8. The molecule has 1 aliphatic carbocycles. The van der Waals surface area contributed by atoms with Gasteiger partial charge in [-0.2, -0.15) is 0 Å². The van der Waals surface area contributed by atoms with E-state index in [1.165, 1.54) is 0 Å². The molecule has 27 heavy (non-hydrogen) atoms. The molecule has 4 rings (SSSR count). The van der Waals surface area contributed by atoms with Crippen LogP contribution in [0.25, 0.3) is 11.3 Å². The van der Waals surface area contributed by atoms with Gasteiger partial charge in [0.25, 0.3) is 0 Å². The van der Waals surface area contributed by atoms with Crippen molar-refractivity contribution < 1.29 is 14.1 Å². The van der Waals surface area contributed by atoms with Gasteiger partial charge >= 0.3 is 0 Å². The number of nitrogens with zero attached hydrogens (tertiary/aromatic N) is 2. The highest BCUT2D eigenvalue weighted by Crippen LogP contribution is 2.39. The van der Waals surface area contributed by atoms with Gasteiger partial charge in [-0.25, -0.2) is 0 Å². The lowest BCUT2D eigenvalue weighted by Crippen LogP contribution is -2.59. The molecule has 0 unspecified atom stereocenters. The van der Waals surface area contributed by atoms with Crippen molar-refractivity contribution in [3.63, 3.8) is 0 Å². The third-order valence-electron chi connectivity index (χ3n) is 5.54. The molecule has 1 N–H and O–H groups in total. The maximum Gasteiger partial charge on any atom is 0.246 e. The van der Waals surface area contributed by atoms with Crippen LogP contribution < -0.4 is 5.32 Å². The fraction of sp³-hybridized carbons (Fsp3) is 0.476. The molecular weight excluding hydrogens is 342 g/mol. The summed E-state index contributed by atoms with van der Waals surface area (Å²) in [7, 11) is 0. The average molecular weight is 367 g/mol. The minimum atomic E-state index is -0.872. The molecule has 2 amide bonds. The highest BCUT2D eigenvalue weighted by molar-refractivity contribution is 5.93. The minimum absolute atomic E-state index is 0.0887. The summed E-state index contributed by atoms with van der Waals surface area (Å²) in [6, 6.07) is 11.7. The Balaban J connectivity index is 1.63. The van der Waals surface area contributed by atoms with Gasteiger partial charge in [-0.3, -0.25) is 9.59 Å². The predicted octanol–water partition coefficient (Wildman–Crippen LogP) is 2.79. The van der Waals surface area contributed by atoms with Crippen LogP contribution in [0.1, 0.15) is 38.4 Å². The van der Waals surface area contributed by atoms with E-state index in [1.54, 1.807) is 4.90 Å². The smallest absolute Gasteiger partial charge is 0.246 e. The van der Waals surface area contributed by atoms with E-state index < -0.39 is 5.54 Å². The first-order chi connectivity index (χ1) is 13.1. The highest BCUT2D eigenvalue weighted by atomic mass is 16.5. The Bertz CT molecular complexity index is 828. The number of nitrogens with one attached hydrogen (secondary N) is 1. The number of hydrogen-bond acceptors (Lipinski definition) is 4. The third kappa shape index (κ3) is 3.36. The Morgan fingerprint density at radius 2 is 2.07 bits per heavy atom. The Morgan fingerprint density at radius 3 is 2.78 bits per heavy atom. The molecule has 2 fully saturated rings. The molecule has 1 saturated carbocycles. The molecule has 1 saturated heterocycles. The zero-order valence-corrected chi connectivity index (χ0v) is 15.6. The molecule has 2 aromatic rings. The van der Waals surface area contributed by atoms with Crippen molar-refractivity contribution in [2.75, 3.05) is 13.1 Å². The molecule has 2 heterocycles. The van der Waals surface area contributed by atoms with E-state index in [9.17, 15) is 9.59 Å². The van der Waals surface area contributed by atoms with E-state index in [0.717, 1.165) is 30.5 Å². The maximum atomic E-state index is 13.0. The molecule has 142 valence electrons. The van der Waals surface area contributed by atoms with Crippen molar-refractivity contribution >= 4 is 11.8 Å². The SMILES string of the molecule is CCNC(=O)[C@@]1(Cc2cc(-c3ccccc3)no2)CCCN1C(=O)C1CC1. The summed E-state index contributed by atoms with van der Waals surface area (Å²) in [6.45, 7) is 3.07. The van der Waals surface area contributed by atoms with Gasteiger partial charge in [-0.15, -0.1) is 0 Å². The van der Waals surface area contributed by atoms with Crippen LogP contribution >= 0.6 is 0 Å². The van der Waals surface area contributed by atoms with Crippen LogP contribution in [0.4, 0.5) is 0 Å².